The number of fused-ring (bicyclic) bond motifs is 1. The van der Waals surface area contributed by atoms with Crippen molar-refractivity contribution in [1.29, 1.82) is 0 Å². The maximum Gasteiger partial charge on any atom is 0.245 e. The quantitative estimate of drug-likeness (QED) is 0.359. The number of likely N-dealkylation sites (N-methyl/N-ethyl adjacent to an activating group) is 1. The maximum absolute atomic E-state index is 14.0. The summed E-state index contributed by atoms with van der Waals surface area (Å²) < 4.78 is 5.50. The largest absolute Gasteiger partial charge is 0.496 e. The van der Waals surface area contributed by atoms with Gasteiger partial charge in [-0.25, -0.2) is 0 Å². The summed E-state index contributed by atoms with van der Waals surface area (Å²) in [5.74, 6) is 0.617. The van der Waals surface area contributed by atoms with Crippen LogP contribution in [0.15, 0.2) is 85.1 Å². The molecule has 2 amide bonds. The lowest BCUT2D eigenvalue weighted by Gasteiger charge is -2.39. The molecule has 196 valence electrons. The van der Waals surface area contributed by atoms with Gasteiger partial charge in [0.25, 0.3) is 0 Å². The smallest absolute Gasteiger partial charge is 0.245 e. The fraction of sp³-hybridized carbons (Fsp3) is 0.290. The summed E-state index contributed by atoms with van der Waals surface area (Å²) in [5.41, 5.74) is 4.09. The summed E-state index contributed by atoms with van der Waals surface area (Å²) in [5, 5.41) is 4.52. The molecule has 0 radical (unpaired) electrons. The van der Waals surface area contributed by atoms with E-state index in [9.17, 15) is 9.59 Å². The van der Waals surface area contributed by atoms with Crippen LogP contribution in [0.1, 0.15) is 16.7 Å². The van der Waals surface area contributed by atoms with Gasteiger partial charge in [0.2, 0.25) is 11.8 Å². The van der Waals surface area contributed by atoms with Crippen molar-refractivity contribution in [2.24, 2.45) is 0 Å². The summed E-state index contributed by atoms with van der Waals surface area (Å²) in [6.07, 6.45) is 3.00. The highest BCUT2D eigenvalue weighted by atomic mass is 16.5. The predicted octanol–water partition coefficient (Wildman–Crippen LogP) is 3.79. The number of carbonyl (C=O) groups is 2. The molecule has 2 heterocycles. The molecular weight excluding hydrogens is 476 g/mol. The van der Waals surface area contributed by atoms with Crippen molar-refractivity contribution < 1.29 is 14.3 Å². The molecule has 4 aromatic rings. The van der Waals surface area contributed by atoms with Crippen LogP contribution in [0.3, 0.4) is 0 Å². The summed E-state index contributed by atoms with van der Waals surface area (Å²) in [7, 11) is 3.43. The fourth-order valence-corrected chi connectivity index (χ4v) is 5.34. The number of hydrogen-bond donors (Lipinski definition) is 2. The first-order chi connectivity index (χ1) is 18.5. The van der Waals surface area contributed by atoms with E-state index in [2.05, 4.69) is 16.4 Å². The first-order valence-electron chi connectivity index (χ1n) is 13.0. The minimum atomic E-state index is -0.600. The van der Waals surface area contributed by atoms with Crippen molar-refractivity contribution in [2.75, 3.05) is 27.2 Å². The number of aromatic amines is 1. The van der Waals surface area contributed by atoms with Crippen LogP contribution in [0.2, 0.25) is 0 Å². The molecular formula is C31H34N4O3. The van der Waals surface area contributed by atoms with Gasteiger partial charge < -0.3 is 24.8 Å². The van der Waals surface area contributed by atoms with Gasteiger partial charge in [0, 0.05) is 55.8 Å². The molecule has 0 spiro atoms. The zero-order valence-electron chi connectivity index (χ0n) is 21.9. The van der Waals surface area contributed by atoms with Gasteiger partial charge >= 0.3 is 0 Å². The lowest BCUT2D eigenvalue weighted by atomic mass is 9.98. The number of hydrogen-bond acceptors (Lipinski definition) is 4. The zero-order chi connectivity index (χ0) is 26.5. The second kappa shape index (κ2) is 11.5. The molecule has 0 bridgehead atoms. The summed E-state index contributed by atoms with van der Waals surface area (Å²) in [6.45, 7) is 1.51. The van der Waals surface area contributed by atoms with E-state index in [1.165, 1.54) is 0 Å². The first kappa shape index (κ1) is 25.5. The second-order valence-corrected chi connectivity index (χ2v) is 9.81. The van der Waals surface area contributed by atoms with Crippen LogP contribution >= 0.6 is 0 Å². The topological polar surface area (TPSA) is 77.7 Å². The predicted molar refractivity (Wildman–Crippen MR) is 149 cm³/mol. The van der Waals surface area contributed by atoms with Crippen LogP contribution < -0.4 is 10.1 Å². The second-order valence-electron chi connectivity index (χ2n) is 9.81. The number of ether oxygens (including phenoxy) is 1. The average Bonchev–Trinajstić information content (AvgIpc) is 3.36. The third-order valence-corrected chi connectivity index (χ3v) is 7.33. The minimum absolute atomic E-state index is 0.0403. The number of H-pyrrole nitrogens is 1. The van der Waals surface area contributed by atoms with Crippen LogP contribution in [-0.4, -0.2) is 65.9 Å². The van der Waals surface area contributed by atoms with Gasteiger partial charge in [0.1, 0.15) is 11.8 Å². The van der Waals surface area contributed by atoms with Crippen LogP contribution in [0.5, 0.6) is 5.75 Å². The maximum atomic E-state index is 14.0. The SMILES string of the molecule is COc1ccccc1CN(C)C(=O)[C@H](Cc1ccccc1)N1CCN[C@@H](Cc2c[nH]c3ccccc23)C1=O. The number of carbonyl (C=O) groups excluding carboxylic acids is 2. The third kappa shape index (κ3) is 5.43. The molecule has 7 nitrogen and oxygen atoms in total. The number of nitrogens with one attached hydrogen (secondary N) is 2. The van der Waals surface area contributed by atoms with Gasteiger partial charge in [-0.15, -0.1) is 0 Å². The molecule has 1 aliphatic heterocycles. The Balaban J connectivity index is 1.39. The Labute approximate surface area is 223 Å². The highest BCUT2D eigenvalue weighted by Crippen LogP contribution is 2.23. The summed E-state index contributed by atoms with van der Waals surface area (Å²) in [4.78, 5) is 34.6. The Kier molecular flexibility index (Phi) is 7.75. The molecule has 2 N–H and O–H groups in total. The Bertz CT molecular complexity index is 1400. The van der Waals surface area contributed by atoms with E-state index in [0.717, 1.165) is 33.3 Å². The van der Waals surface area contributed by atoms with Gasteiger partial charge in [-0.05, 0) is 29.7 Å². The normalized spacial score (nSPS) is 16.4. The van der Waals surface area contributed by atoms with E-state index in [1.54, 1.807) is 24.0 Å². The average molecular weight is 511 g/mol. The molecule has 0 aliphatic carbocycles. The zero-order valence-corrected chi connectivity index (χ0v) is 21.9. The number of amides is 2. The summed E-state index contributed by atoms with van der Waals surface area (Å²) in [6, 6.07) is 24.7. The number of aromatic nitrogens is 1. The van der Waals surface area contributed by atoms with Crippen molar-refractivity contribution in [1.82, 2.24) is 20.1 Å². The van der Waals surface area contributed by atoms with Crippen molar-refractivity contribution >= 4 is 22.7 Å². The Morgan fingerprint density at radius 3 is 2.58 bits per heavy atom. The van der Waals surface area contributed by atoms with E-state index in [1.807, 2.05) is 79.0 Å². The van der Waals surface area contributed by atoms with Crippen molar-refractivity contribution in [3.05, 3.63) is 102 Å². The van der Waals surface area contributed by atoms with E-state index in [4.69, 9.17) is 4.74 Å². The van der Waals surface area contributed by atoms with Crippen molar-refractivity contribution in [3.63, 3.8) is 0 Å². The van der Waals surface area contributed by atoms with Gasteiger partial charge in [0.05, 0.1) is 13.2 Å². The number of piperazine rings is 1. The van der Waals surface area contributed by atoms with Crippen LogP contribution in [-0.2, 0) is 29.0 Å². The monoisotopic (exact) mass is 510 g/mol. The van der Waals surface area contributed by atoms with Crippen molar-refractivity contribution in [3.8, 4) is 5.75 Å². The Morgan fingerprint density at radius 2 is 1.76 bits per heavy atom. The number of rotatable bonds is 9. The van der Waals surface area contributed by atoms with E-state index in [0.29, 0.717) is 32.5 Å². The van der Waals surface area contributed by atoms with E-state index in [-0.39, 0.29) is 11.8 Å². The summed E-state index contributed by atoms with van der Waals surface area (Å²) >= 11 is 0. The highest BCUT2D eigenvalue weighted by molar-refractivity contribution is 5.91. The Morgan fingerprint density at radius 1 is 1.03 bits per heavy atom. The number of benzene rings is 3. The lowest BCUT2D eigenvalue weighted by molar-refractivity contribution is -0.148. The molecule has 38 heavy (non-hydrogen) atoms. The van der Waals surface area contributed by atoms with Gasteiger partial charge in [-0.2, -0.15) is 0 Å². The van der Waals surface area contributed by atoms with Gasteiger partial charge in [0.15, 0.2) is 0 Å². The van der Waals surface area contributed by atoms with E-state index >= 15 is 0 Å². The minimum Gasteiger partial charge on any atom is -0.496 e. The molecule has 1 fully saturated rings. The van der Waals surface area contributed by atoms with Gasteiger partial charge in [-0.1, -0.05) is 66.7 Å². The van der Waals surface area contributed by atoms with Crippen LogP contribution in [0, 0.1) is 0 Å². The molecule has 3 aromatic carbocycles. The van der Waals surface area contributed by atoms with Crippen molar-refractivity contribution in [2.45, 2.75) is 31.5 Å². The highest BCUT2D eigenvalue weighted by Gasteiger charge is 2.38. The first-order valence-corrected chi connectivity index (χ1v) is 13.0. The standard InChI is InChI=1S/C31H34N4O3/c1-34(21-23-12-6-9-15-29(23)38-2)31(37)28(18-22-10-4-3-5-11-22)35-17-16-32-27(30(35)36)19-24-20-33-26-14-8-7-13-25(24)26/h3-15,20,27-28,32-33H,16-19,21H2,1-2H3/t27-,28-/m0/s1. The third-order valence-electron chi connectivity index (χ3n) is 7.33. The van der Waals surface area contributed by atoms with E-state index < -0.39 is 12.1 Å². The molecule has 1 aliphatic rings. The molecule has 1 aromatic heterocycles. The van der Waals surface area contributed by atoms with Gasteiger partial charge in [-0.3, -0.25) is 9.59 Å². The van der Waals surface area contributed by atoms with Crippen LogP contribution in [0.25, 0.3) is 10.9 Å². The number of nitrogens with zero attached hydrogens (tertiary/aromatic N) is 2. The molecule has 2 atom stereocenters. The van der Waals surface area contributed by atoms with Crippen LogP contribution in [0.4, 0.5) is 0 Å². The lowest BCUT2D eigenvalue weighted by Crippen LogP contribution is -2.62. The fourth-order valence-electron chi connectivity index (χ4n) is 5.34. The molecule has 0 saturated carbocycles. The molecule has 0 unspecified atom stereocenters. The Hall–Kier alpha value is -4.10. The number of methoxy groups -OCH3 is 1. The molecule has 7 heteroatoms. The molecule has 1 saturated heterocycles. The molecule has 5 rings (SSSR count). The number of para-hydroxylation sites is 2.